The van der Waals surface area contributed by atoms with Gasteiger partial charge in [0.1, 0.15) is 5.69 Å². The normalized spacial score (nSPS) is 13.9. The average Bonchev–Trinajstić information content (AvgIpc) is 3.00. The van der Waals surface area contributed by atoms with Gasteiger partial charge in [0.15, 0.2) is 5.82 Å². The van der Waals surface area contributed by atoms with E-state index in [-0.39, 0.29) is 5.91 Å². The molecule has 6 heteroatoms. The molecule has 1 unspecified atom stereocenters. The maximum atomic E-state index is 12.5. The largest absolute Gasteiger partial charge is 0.344 e. The molecule has 1 amide bonds. The van der Waals surface area contributed by atoms with Crippen LogP contribution >= 0.6 is 0 Å². The molecule has 0 aliphatic carbocycles. The Morgan fingerprint density at radius 3 is 2.77 bits per heavy atom. The summed E-state index contributed by atoms with van der Waals surface area (Å²) in [5.74, 6) is 0.829. The van der Waals surface area contributed by atoms with Crippen molar-refractivity contribution in [2.75, 3.05) is 6.54 Å². The highest BCUT2D eigenvalue weighted by molar-refractivity contribution is 5.93. The number of nitrogens with one attached hydrogen (secondary N) is 1. The van der Waals surface area contributed by atoms with Crippen LogP contribution in [0.15, 0.2) is 36.7 Å². The summed E-state index contributed by atoms with van der Waals surface area (Å²) >= 11 is 0. The fourth-order valence-electron chi connectivity index (χ4n) is 2.51. The van der Waals surface area contributed by atoms with Crippen molar-refractivity contribution in [3.63, 3.8) is 0 Å². The zero-order valence-corrected chi connectivity index (χ0v) is 13.3. The van der Waals surface area contributed by atoms with Gasteiger partial charge in [-0.3, -0.25) is 4.79 Å². The summed E-state index contributed by atoms with van der Waals surface area (Å²) in [6.45, 7) is 6.56. The summed E-state index contributed by atoms with van der Waals surface area (Å²) in [6.07, 6.45) is 4.27. The highest BCUT2D eigenvalue weighted by Crippen LogP contribution is 2.16. The molecular formula is C16H23N5O. The van der Waals surface area contributed by atoms with E-state index in [4.69, 9.17) is 5.73 Å². The molecule has 3 N–H and O–H groups in total. The maximum Gasteiger partial charge on any atom is 0.270 e. The van der Waals surface area contributed by atoms with Crippen molar-refractivity contribution in [1.29, 1.82) is 0 Å². The highest BCUT2D eigenvalue weighted by atomic mass is 16.2. The SMILES string of the molecule is CC(C)CC(C)(CN)NC(=O)c1cccc(-n2cccn2)n1. The number of rotatable bonds is 6. The molecule has 0 aliphatic rings. The van der Waals surface area contributed by atoms with Gasteiger partial charge >= 0.3 is 0 Å². The third kappa shape index (κ3) is 3.92. The molecule has 0 radical (unpaired) electrons. The molecule has 0 bridgehead atoms. The summed E-state index contributed by atoms with van der Waals surface area (Å²) in [7, 11) is 0. The van der Waals surface area contributed by atoms with E-state index in [9.17, 15) is 4.79 Å². The molecule has 2 aromatic heterocycles. The van der Waals surface area contributed by atoms with Crippen molar-refractivity contribution in [3.05, 3.63) is 42.4 Å². The predicted molar refractivity (Wildman–Crippen MR) is 85.7 cm³/mol. The molecule has 0 saturated carbocycles. The van der Waals surface area contributed by atoms with Gasteiger partial charge in [-0.2, -0.15) is 5.10 Å². The zero-order valence-electron chi connectivity index (χ0n) is 13.3. The Kier molecular flexibility index (Phi) is 4.92. The third-order valence-electron chi connectivity index (χ3n) is 3.43. The standard InChI is InChI=1S/C16H23N5O/c1-12(2)10-16(3,11-17)20-15(22)13-6-4-7-14(19-13)21-9-5-8-18-21/h4-9,12H,10-11,17H2,1-3H3,(H,20,22). The maximum absolute atomic E-state index is 12.5. The van der Waals surface area contributed by atoms with Crippen molar-refractivity contribution in [2.45, 2.75) is 32.7 Å². The first-order chi connectivity index (χ1) is 10.4. The van der Waals surface area contributed by atoms with Gasteiger partial charge < -0.3 is 11.1 Å². The van der Waals surface area contributed by atoms with E-state index >= 15 is 0 Å². The first-order valence-electron chi connectivity index (χ1n) is 7.43. The van der Waals surface area contributed by atoms with E-state index in [0.29, 0.717) is 24.0 Å². The number of hydrogen-bond acceptors (Lipinski definition) is 4. The molecule has 2 aromatic rings. The smallest absolute Gasteiger partial charge is 0.270 e. The molecule has 0 saturated heterocycles. The second kappa shape index (κ2) is 6.70. The minimum atomic E-state index is -0.436. The van der Waals surface area contributed by atoms with Crippen LogP contribution in [0.1, 0.15) is 37.7 Å². The van der Waals surface area contributed by atoms with Gasteiger partial charge in [0.05, 0.1) is 5.54 Å². The highest BCUT2D eigenvalue weighted by Gasteiger charge is 2.26. The topological polar surface area (TPSA) is 85.8 Å². The summed E-state index contributed by atoms with van der Waals surface area (Å²) in [4.78, 5) is 16.8. The van der Waals surface area contributed by atoms with Crippen molar-refractivity contribution in [2.24, 2.45) is 11.7 Å². The number of carbonyl (C=O) groups excluding carboxylic acids is 1. The molecule has 1 atom stereocenters. The molecule has 0 fully saturated rings. The molecule has 0 aromatic carbocycles. The van der Waals surface area contributed by atoms with Gasteiger partial charge in [0, 0.05) is 18.9 Å². The number of hydrogen-bond donors (Lipinski definition) is 2. The Hall–Kier alpha value is -2.21. The van der Waals surface area contributed by atoms with E-state index in [1.807, 2.05) is 13.0 Å². The van der Waals surface area contributed by atoms with Crippen molar-refractivity contribution in [3.8, 4) is 5.82 Å². The minimum Gasteiger partial charge on any atom is -0.344 e. The second-order valence-corrected chi connectivity index (χ2v) is 6.15. The number of amides is 1. The van der Waals surface area contributed by atoms with Gasteiger partial charge in [-0.05, 0) is 37.5 Å². The molecule has 118 valence electrons. The van der Waals surface area contributed by atoms with Crippen LogP contribution in [0.2, 0.25) is 0 Å². The van der Waals surface area contributed by atoms with Crippen molar-refractivity contribution in [1.82, 2.24) is 20.1 Å². The fourth-order valence-corrected chi connectivity index (χ4v) is 2.51. The van der Waals surface area contributed by atoms with Gasteiger partial charge in [-0.1, -0.05) is 19.9 Å². The Morgan fingerprint density at radius 1 is 1.41 bits per heavy atom. The Bertz CT molecular complexity index is 623. The lowest BCUT2D eigenvalue weighted by Crippen LogP contribution is -2.52. The van der Waals surface area contributed by atoms with Gasteiger partial charge in [-0.25, -0.2) is 9.67 Å². The van der Waals surface area contributed by atoms with Gasteiger partial charge in [0.2, 0.25) is 0 Å². The first kappa shape index (κ1) is 16.2. The van der Waals surface area contributed by atoms with Crippen LogP contribution in [-0.2, 0) is 0 Å². The first-order valence-corrected chi connectivity index (χ1v) is 7.43. The monoisotopic (exact) mass is 301 g/mol. The van der Waals surface area contributed by atoms with E-state index in [2.05, 4.69) is 29.2 Å². The quantitative estimate of drug-likeness (QED) is 0.851. The van der Waals surface area contributed by atoms with Crippen LogP contribution in [0.5, 0.6) is 0 Å². The summed E-state index contributed by atoms with van der Waals surface area (Å²) in [5.41, 5.74) is 5.76. The van der Waals surface area contributed by atoms with E-state index in [1.165, 1.54) is 0 Å². The molecular weight excluding hydrogens is 278 g/mol. The minimum absolute atomic E-state index is 0.220. The van der Waals surface area contributed by atoms with Gasteiger partial charge in [0.25, 0.3) is 5.91 Å². The number of pyridine rings is 1. The lowest BCUT2D eigenvalue weighted by atomic mass is 9.90. The van der Waals surface area contributed by atoms with Crippen LogP contribution in [0, 0.1) is 5.92 Å². The summed E-state index contributed by atoms with van der Waals surface area (Å²) < 4.78 is 1.62. The average molecular weight is 301 g/mol. The predicted octanol–water partition coefficient (Wildman–Crippen LogP) is 1.76. The lowest BCUT2D eigenvalue weighted by molar-refractivity contribution is 0.0893. The van der Waals surface area contributed by atoms with Crippen molar-refractivity contribution >= 4 is 5.91 Å². The van der Waals surface area contributed by atoms with E-state index < -0.39 is 5.54 Å². The molecule has 6 nitrogen and oxygen atoms in total. The van der Waals surface area contributed by atoms with Crippen LogP contribution in [0.4, 0.5) is 0 Å². The number of nitrogens with two attached hydrogens (primary N) is 1. The third-order valence-corrected chi connectivity index (χ3v) is 3.43. The van der Waals surface area contributed by atoms with Crippen LogP contribution in [0.3, 0.4) is 0 Å². The molecule has 0 spiro atoms. The van der Waals surface area contributed by atoms with E-state index in [1.54, 1.807) is 35.3 Å². The van der Waals surface area contributed by atoms with Crippen molar-refractivity contribution < 1.29 is 4.79 Å². The second-order valence-electron chi connectivity index (χ2n) is 6.15. The zero-order chi connectivity index (χ0) is 16.2. The molecule has 2 heterocycles. The Labute approximate surface area is 130 Å². The van der Waals surface area contributed by atoms with Gasteiger partial charge in [-0.15, -0.1) is 0 Å². The Morgan fingerprint density at radius 2 is 2.18 bits per heavy atom. The fraction of sp³-hybridized carbons (Fsp3) is 0.438. The number of carbonyl (C=O) groups is 1. The van der Waals surface area contributed by atoms with Crippen LogP contribution in [-0.4, -0.2) is 32.8 Å². The number of aromatic nitrogens is 3. The Balaban J connectivity index is 2.17. The van der Waals surface area contributed by atoms with Crippen LogP contribution < -0.4 is 11.1 Å². The van der Waals surface area contributed by atoms with Crippen LogP contribution in [0.25, 0.3) is 5.82 Å². The molecule has 2 rings (SSSR count). The number of nitrogens with zero attached hydrogens (tertiary/aromatic N) is 3. The lowest BCUT2D eigenvalue weighted by Gasteiger charge is -2.31. The van der Waals surface area contributed by atoms with E-state index in [0.717, 1.165) is 6.42 Å². The summed E-state index contributed by atoms with van der Waals surface area (Å²) in [5, 5.41) is 7.13. The summed E-state index contributed by atoms with van der Waals surface area (Å²) in [6, 6.07) is 7.10. The molecule has 22 heavy (non-hydrogen) atoms. The molecule has 0 aliphatic heterocycles.